The maximum Gasteiger partial charge on any atom is 0.326 e. The first-order valence-corrected chi connectivity index (χ1v) is 18.6. The van der Waals surface area contributed by atoms with Crippen molar-refractivity contribution in [3.8, 4) is 0 Å². The van der Waals surface area contributed by atoms with Crippen LogP contribution in [0.4, 0.5) is 0 Å². The van der Waals surface area contributed by atoms with Crippen LogP contribution in [0.2, 0.25) is 0 Å². The van der Waals surface area contributed by atoms with Gasteiger partial charge in [-0.1, -0.05) is 55.4 Å². The molecule has 0 rings (SSSR count). The topological polar surface area (TPSA) is 313 Å². The molecule has 0 aromatic carbocycles. The highest BCUT2D eigenvalue weighted by molar-refractivity contribution is 5.97. The van der Waals surface area contributed by atoms with Gasteiger partial charge in [0.1, 0.15) is 36.3 Å². The molecular formula is C36H63N7O12. The Labute approximate surface area is 322 Å². The lowest BCUT2D eigenvalue weighted by molar-refractivity contribution is -0.143. The molecule has 0 spiro atoms. The Kier molecular flexibility index (Phi) is 22.4. The number of carbonyl (C=O) groups excluding carboxylic acids is 6. The molecule has 7 atom stereocenters. The standard InChI is InChI=1S/C36H63N7O12/c1-17(2)12-23(41-33(51)24(13-18(3)4)40-31(49)22(37)10-11-28(44)45)32(50)38-21(9)30(48)39-26(16-29(46)47)35(53)42-25(14-19(5)6)34(52)43-27(36(54)55)15-20(7)8/h17-27H,10-16,37H2,1-9H3,(H,38,50)(H,39,48)(H,40,49)(H,41,51)(H,42,53)(H,43,52)(H,44,45)(H,46,47)(H,54,55)/t21-,22-,23-,24-,25-,26-,27-/m0/s1. The quantitative estimate of drug-likeness (QED) is 0.0546. The highest BCUT2D eigenvalue weighted by Crippen LogP contribution is 2.12. The molecule has 0 saturated heterocycles. The van der Waals surface area contributed by atoms with E-state index >= 15 is 0 Å². The fourth-order valence-corrected chi connectivity index (χ4v) is 5.37. The van der Waals surface area contributed by atoms with Crippen LogP contribution in [-0.4, -0.2) is 111 Å². The van der Waals surface area contributed by atoms with Crippen molar-refractivity contribution in [3.05, 3.63) is 0 Å². The second-order valence-electron chi connectivity index (χ2n) is 15.5. The number of rotatable bonds is 26. The molecule has 0 aliphatic heterocycles. The lowest BCUT2D eigenvalue weighted by Crippen LogP contribution is -2.59. The summed E-state index contributed by atoms with van der Waals surface area (Å²) >= 11 is 0. The lowest BCUT2D eigenvalue weighted by Gasteiger charge is -2.27. The predicted molar refractivity (Wildman–Crippen MR) is 200 cm³/mol. The number of hydrogen-bond acceptors (Lipinski definition) is 10. The Bertz CT molecular complexity index is 1350. The zero-order chi connectivity index (χ0) is 42.7. The van der Waals surface area contributed by atoms with Crippen LogP contribution in [0, 0.1) is 23.7 Å². The van der Waals surface area contributed by atoms with E-state index in [0.717, 1.165) is 0 Å². The van der Waals surface area contributed by atoms with Crippen LogP contribution in [0.15, 0.2) is 0 Å². The minimum absolute atomic E-state index is 0.0635. The molecule has 0 bridgehead atoms. The van der Waals surface area contributed by atoms with Crippen LogP contribution in [0.25, 0.3) is 0 Å². The maximum absolute atomic E-state index is 13.4. The third kappa shape index (κ3) is 21.0. The lowest BCUT2D eigenvalue weighted by atomic mass is 9.99. The van der Waals surface area contributed by atoms with Crippen molar-refractivity contribution in [3.63, 3.8) is 0 Å². The van der Waals surface area contributed by atoms with Crippen LogP contribution in [-0.2, 0) is 43.2 Å². The summed E-state index contributed by atoms with van der Waals surface area (Å²) in [6.45, 7) is 15.5. The molecule has 0 unspecified atom stereocenters. The number of carbonyl (C=O) groups is 9. The second-order valence-corrected chi connectivity index (χ2v) is 15.5. The molecule has 0 saturated carbocycles. The molecule has 55 heavy (non-hydrogen) atoms. The zero-order valence-corrected chi connectivity index (χ0v) is 33.4. The molecule has 0 fully saturated rings. The van der Waals surface area contributed by atoms with E-state index in [1.54, 1.807) is 55.4 Å². The van der Waals surface area contributed by atoms with Gasteiger partial charge in [-0.2, -0.15) is 0 Å². The summed E-state index contributed by atoms with van der Waals surface area (Å²) in [6.07, 6.45) is -0.972. The van der Waals surface area contributed by atoms with E-state index in [1.807, 2.05) is 0 Å². The van der Waals surface area contributed by atoms with Gasteiger partial charge in [0.2, 0.25) is 35.4 Å². The number of amides is 6. The highest BCUT2D eigenvalue weighted by Gasteiger charge is 2.34. The molecule has 19 nitrogen and oxygen atoms in total. The van der Waals surface area contributed by atoms with E-state index in [0.29, 0.717) is 0 Å². The van der Waals surface area contributed by atoms with E-state index in [2.05, 4.69) is 31.9 Å². The fourth-order valence-electron chi connectivity index (χ4n) is 5.37. The summed E-state index contributed by atoms with van der Waals surface area (Å²) in [6, 6.07) is -9.10. The zero-order valence-electron chi connectivity index (χ0n) is 33.4. The van der Waals surface area contributed by atoms with Crippen molar-refractivity contribution in [1.29, 1.82) is 0 Å². The van der Waals surface area contributed by atoms with Crippen molar-refractivity contribution in [2.75, 3.05) is 0 Å². The van der Waals surface area contributed by atoms with Crippen molar-refractivity contribution in [2.24, 2.45) is 29.4 Å². The van der Waals surface area contributed by atoms with Crippen LogP contribution >= 0.6 is 0 Å². The average Bonchev–Trinajstić information content (AvgIpc) is 3.04. The van der Waals surface area contributed by atoms with Crippen molar-refractivity contribution in [2.45, 2.75) is 150 Å². The van der Waals surface area contributed by atoms with Crippen molar-refractivity contribution >= 4 is 53.4 Å². The number of nitrogens with one attached hydrogen (secondary N) is 6. The van der Waals surface area contributed by atoms with Gasteiger partial charge >= 0.3 is 17.9 Å². The number of aliphatic carboxylic acids is 3. The maximum atomic E-state index is 13.4. The van der Waals surface area contributed by atoms with Gasteiger partial charge in [-0.25, -0.2) is 4.79 Å². The van der Waals surface area contributed by atoms with E-state index < -0.39 is 102 Å². The third-order valence-corrected chi connectivity index (χ3v) is 8.11. The number of hydrogen-bond donors (Lipinski definition) is 10. The highest BCUT2D eigenvalue weighted by atomic mass is 16.4. The Balaban J connectivity index is 5.98. The Morgan fingerprint density at radius 2 is 0.764 bits per heavy atom. The first kappa shape index (κ1) is 50.2. The van der Waals surface area contributed by atoms with E-state index in [4.69, 9.17) is 10.8 Å². The average molecular weight is 786 g/mol. The molecular weight excluding hydrogens is 722 g/mol. The fraction of sp³-hybridized carbons (Fsp3) is 0.750. The number of carboxylic acid groups (broad SMARTS) is 3. The normalized spacial score (nSPS) is 15.2. The first-order chi connectivity index (χ1) is 25.3. The Morgan fingerprint density at radius 1 is 0.436 bits per heavy atom. The van der Waals surface area contributed by atoms with Crippen LogP contribution in [0.5, 0.6) is 0 Å². The summed E-state index contributed by atoms with van der Waals surface area (Å²) in [5.74, 6) is -9.40. The van der Waals surface area contributed by atoms with E-state index in [1.165, 1.54) is 6.92 Å². The molecule has 0 radical (unpaired) electrons. The molecule has 19 heteroatoms. The second kappa shape index (κ2) is 24.6. The summed E-state index contributed by atoms with van der Waals surface area (Å²) in [5.41, 5.74) is 5.82. The van der Waals surface area contributed by atoms with E-state index in [9.17, 15) is 53.4 Å². The largest absolute Gasteiger partial charge is 0.481 e. The van der Waals surface area contributed by atoms with Gasteiger partial charge in [0.25, 0.3) is 0 Å². The molecule has 314 valence electrons. The number of carboxylic acids is 3. The van der Waals surface area contributed by atoms with Crippen molar-refractivity contribution in [1.82, 2.24) is 31.9 Å². The van der Waals surface area contributed by atoms with Crippen molar-refractivity contribution < 1.29 is 58.5 Å². The molecule has 0 aliphatic rings. The van der Waals surface area contributed by atoms with Crippen LogP contribution in [0.1, 0.15) is 107 Å². The Hall–Kier alpha value is -4.81. The molecule has 0 aromatic rings. The monoisotopic (exact) mass is 785 g/mol. The summed E-state index contributed by atoms with van der Waals surface area (Å²) in [7, 11) is 0. The van der Waals surface area contributed by atoms with Crippen LogP contribution < -0.4 is 37.6 Å². The molecule has 11 N–H and O–H groups in total. The van der Waals surface area contributed by atoms with Gasteiger partial charge in [0.15, 0.2) is 0 Å². The molecule has 0 aromatic heterocycles. The summed E-state index contributed by atoms with van der Waals surface area (Å²) in [4.78, 5) is 114. The van der Waals surface area contributed by atoms with Gasteiger partial charge in [0, 0.05) is 6.42 Å². The Morgan fingerprint density at radius 3 is 1.13 bits per heavy atom. The summed E-state index contributed by atoms with van der Waals surface area (Å²) in [5, 5.41) is 42.7. The molecule has 0 aliphatic carbocycles. The van der Waals surface area contributed by atoms with Gasteiger partial charge in [-0.3, -0.25) is 38.4 Å². The van der Waals surface area contributed by atoms with Gasteiger partial charge in [-0.15, -0.1) is 0 Å². The minimum Gasteiger partial charge on any atom is -0.481 e. The first-order valence-electron chi connectivity index (χ1n) is 18.6. The van der Waals surface area contributed by atoms with Gasteiger partial charge < -0.3 is 53.0 Å². The van der Waals surface area contributed by atoms with Gasteiger partial charge in [0.05, 0.1) is 12.5 Å². The van der Waals surface area contributed by atoms with Gasteiger partial charge in [-0.05, 0) is 62.7 Å². The minimum atomic E-state index is -1.70. The SMILES string of the molecule is CC(C)C[C@H](NC(=O)[C@H](CC(C)C)NC(=O)[C@H](CC(=O)O)NC(=O)[C@H](C)NC(=O)[C@H](CC(C)C)NC(=O)[C@H](CC(C)C)NC(=O)[C@@H](N)CCC(=O)O)C(=O)O. The van der Waals surface area contributed by atoms with Crippen LogP contribution in [0.3, 0.4) is 0 Å². The van der Waals surface area contributed by atoms with E-state index in [-0.39, 0.29) is 62.2 Å². The molecule has 6 amide bonds. The smallest absolute Gasteiger partial charge is 0.326 e. The predicted octanol–water partition coefficient (Wildman–Crippen LogP) is -0.149. The summed E-state index contributed by atoms with van der Waals surface area (Å²) < 4.78 is 0. The molecule has 0 heterocycles. The third-order valence-electron chi connectivity index (χ3n) is 8.11. The number of nitrogens with two attached hydrogens (primary N) is 1.